The predicted molar refractivity (Wildman–Crippen MR) is 109 cm³/mol. The molecule has 1 aliphatic carbocycles. The van der Waals surface area contributed by atoms with Crippen molar-refractivity contribution >= 4 is 0 Å². The van der Waals surface area contributed by atoms with Gasteiger partial charge in [0.15, 0.2) is 0 Å². The Hall–Kier alpha value is -0.550. The van der Waals surface area contributed by atoms with Gasteiger partial charge in [-0.3, -0.25) is 0 Å². The first kappa shape index (κ1) is 28.3. The van der Waals surface area contributed by atoms with E-state index >= 15 is 0 Å². The molecule has 24 heavy (non-hydrogen) atoms. The summed E-state index contributed by atoms with van der Waals surface area (Å²) in [4.78, 5) is 0. The summed E-state index contributed by atoms with van der Waals surface area (Å²) < 4.78 is 1.61. The number of hydrogen-bond acceptors (Lipinski definition) is 0. The topological polar surface area (TPSA) is 42.3 Å². The van der Waals surface area contributed by atoms with E-state index in [1.54, 1.807) is 3.33 Å². The fraction of sp³-hybridized carbons (Fsp3) is 0.500. The van der Waals surface area contributed by atoms with Gasteiger partial charge in [0, 0.05) is 0 Å². The third-order valence-corrected chi connectivity index (χ3v) is 3.77. The Kier molecular flexibility index (Phi) is 35.7. The molecule has 0 atom stereocenters. The summed E-state index contributed by atoms with van der Waals surface area (Å²) in [6.07, 6.45) is 16.4. The van der Waals surface area contributed by atoms with Crippen LogP contribution < -0.4 is 0 Å². The van der Waals surface area contributed by atoms with Crippen LogP contribution in [-0.4, -0.2) is 40.8 Å². The van der Waals surface area contributed by atoms with E-state index in [4.69, 9.17) is 0 Å². The molecule has 134 valence electrons. The van der Waals surface area contributed by atoms with Crippen molar-refractivity contribution in [3.63, 3.8) is 0 Å². The van der Waals surface area contributed by atoms with Crippen LogP contribution in [0.25, 0.3) is 16.0 Å². The summed E-state index contributed by atoms with van der Waals surface area (Å²) in [5.41, 5.74) is 0. The molecule has 0 aromatic rings. The monoisotopic (exact) mass is 497 g/mol. The molecule has 0 unspecified atom stereocenters. The second kappa shape index (κ2) is 30.3. The van der Waals surface area contributed by atoms with Crippen LogP contribution >= 0.6 is 0 Å². The van der Waals surface area contributed by atoms with Gasteiger partial charge in [-0.1, -0.05) is 37.5 Å². The molecule has 0 aliphatic heterocycles. The fourth-order valence-corrected chi connectivity index (χ4v) is 1.88. The SMILES string of the molecule is C=CCC[N-]C.C=CCC[N-]C.C=CCC[N-]C.[Hf+3][C]1=CC=CC1. The van der Waals surface area contributed by atoms with Crippen molar-refractivity contribution in [2.75, 3.05) is 40.8 Å². The summed E-state index contributed by atoms with van der Waals surface area (Å²) in [5, 5.41) is 11.6. The van der Waals surface area contributed by atoms with E-state index in [-0.39, 0.29) is 0 Å². The number of hydrogen-bond donors (Lipinski definition) is 0. The maximum absolute atomic E-state index is 3.85. The van der Waals surface area contributed by atoms with Crippen LogP contribution in [0, 0.1) is 0 Å². The minimum absolute atomic E-state index is 0.920. The Labute approximate surface area is 166 Å². The molecule has 4 heteroatoms. The molecular formula is C20H35HfN3. The molecule has 0 heterocycles. The summed E-state index contributed by atoms with van der Waals surface area (Å²) >= 11 is 1.25. The maximum atomic E-state index is 3.85. The molecular weight excluding hydrogens is 461 g/mol. The van der Waals surface area contributed by atoms with Crippen molar-refractivity contribution < 1.29 is 24.4 Å². The molecule has 3 nitrogen and oxygen atoms in total. The van der Waals surface area contributed by atoms with Crippen molar-refractivity contribution in [3.05, 3.63) is 75.5 Å². The molecule has 0 saturated heterocycles. The van der Waals surface area contributed by atoms with Crippen LogP contribution in [0.3, 0.4) is 0 Å². The van der Waals surface area contributed by atoms with Gasteiger partial charge in [-0.2, -0.15) is 21.1 Å². The first-order chi connectivity index (χ1) is 11.6. The zero-order valence-corrected chi connectivity index (χ0v) is 19.5. The van der Waals surface area contributed by atoms with Gasteiger partial charge in [-0.25, -0.2) is 0 Å². The first-order valence-corrected chi connectivity index (χ1v) is 10.0. The standard InChI is InChI=1S/3C5H10N.C5H5.Hf/c3*1-3-4-5-6-2;1-2-4-5-3-1;/h3*3H,1,4-5H2,2H3;1-3H,4H2;/q3*-1;;+3. The van der Waals surface area contributed by atoms with Gasteiger partial charge in [0.1, 0.15) is 0 Å². The van der Waals surface area contributed by atoms with Gasteiger partial charge in [0.05, 0.1) is 0 Å². The van der Waals surface area contributed by atoms with E-state index in [0.29, 0.717) is 0 Å². The van der Waals surface area contributed by atoms with E-state index in [1.165, 1.54) is 30.8 Å². The molecule has 0 amide bonds. The average Bonchev–Trinajstić information content (AvgIpc) is 3.09. The summed E-state index contributed by atoms with van der Waals surface area (Å²) in [6, 6.07) is 0. The Morgan fingerprint density at radius 2 is 1.25 bits per heavy atom. The second-order valence-corrected chi connectivity index (χ2v) is 6.98. The molecule has 0 aromatic heterocycles. The zero-order valence-electron chi connectivity index (χ0n) is 15.9. The van der Waals surface area contributed by atoms with E-state index in [0.717, 1.165) is 38.9 Å². The first-order valence-electron chi connectivity index (χ1n) is 8.21. The van der Waals surface area contributed by atoms with Gasteiger partial charge < -0.3 is 16.0 Å². The van der Waals surface area contributed by atoms with E-state index in [1.807, 2.05) is 39.4 Å². The fourth-order valence-electron chi connectivity index (χ4n) is 1.11. The van der Waals surface area contributed by atoms with E-state index < -0.39 is 0 Å². The predicted octanol–water partition coefficient (Wildman–Crippen LogP) is 6.08. The number of allylic oxidation sites excluding steroid dienone is 4. The third kappa shape index (κ3) is 37.6. The molecule has 1 rings (SSSR count). The van der Waals surface area contributed by atoms with Crippen LogP contribution in [0.4, 0.5) is 0 Å². The van der Waals surface area contributed by atoms with Crippen LogP contribution in [0.15, 0.2) is 59.5 Å². The summed E-state index contributed by atoms with van der Waals surface area (Å²) in [5.74, 6) is 0. The Morgan fingerprint density at radius 3 is 1.33 bits per heavy atom. The molecule has 0 spiro atoms. The zero-order chi connectivity index (χ0) is 18.9. The van der Waals surface area contributed by atoms with Crippen molar-refractivity contribution in [2.45, 2.75) is 25.7 Å². The Balaban J connectivity index is -0.000000245. The molecule has 1 aliphatic rings. The van der Waals surface area contributed by atoms with Crippen LogP contribution in [-0.2, 0) is 24.4 Å². The van der Waals surface area contributed by atoms with Gasteiger partial charge >= 0.3 is 52.4 Å². The molecule has 0 saturated carbocycles. The van der Waals surface area contributed by atoms with Crippen molar-refractivity contribution in [1.82, 2.24) is 0 Å². The third-order valence-electron chi connectivity index (χ3n) is 2.44. The number of nitrogens with zero attached hydrogens (tertiary/aromatic N) is 3. The van der Waals surface area contributed by atoms with Crippen LogP contribution in [0.5, 0.6) is 0 Å². The quantitative estimate of drug-likeness (QED) is 0.211. The molecule has 0 bridgehead atoms. The number of rotatable bonds is 9. The molecule has 0 N–H and O–H groups in total. The molecule has 0 radical (unpaired) electrons. The molecule has 0 aromatic carbocycles. The minimum atomic E-state index is 0.920. The van der Waals surface area contributed by atoms with Gasteiger partial charge in [0.2, 0.25) is 0 Å². The van der Waals surface area contributed by atoms with Gasteiger partial charge in [-0.15, -0.1) is 39.4 Å². The molecule has 0 fully saturated rings. The van der Waals surface area contributed by atoms with E-state index in [9.17, 15) is 0 Å². The van der Waals surface area contributed by atoms with Crippen LogP contribution in [0.1, 0.15) is 25.7 Å². The Morgan fingerprint density at radius 1 is 0.875 bits per heavy atom. The van der Waals surface area contributed by atoms with Crippen molar-refractivity contribution in [2.24, 2.45) is 0 Å². The van der Waals surface area contributed by atoms with Gasteiger partial charge in [0.25, 0.3) is 0 Å². The van der Waals surface area contributed by atoms with E-state index in [2.05, 4.69) is 53.9 Å². The van der Waals surface area contributed by atoms with Crippen molar-refractivity contribution in [3.8, 4) is 0 Å². The summed E-state index contributed by atoms with van der Waals surface area (Å²) in [7, 11) is 5.43. The van der Waals surface area contributed by atoms with Crippen LogP contribution in [0.2, 0.25) is 0 Å². The van der Waals surface area contributed by atoms with Crippen molar-refractivity contribution in [1.29, 1.82) is 0 Å². The second-order valence-electron chi connectivity index (χ2n) is 4.68. The van der Waals surface area contributed by atoms with Gasteiger partial charge in [-0.05, 0) is 0 Å². The normalized spacial score (nSPS) is 10.8. The summed E-state index contributed by atoms with van der Waals surface area (Å²) in [6.45, 7) is 13.4. The Bertz CT molecular complexity index is 294. The average molecular weight is 496 g/mol.